The van der Waals surface area contributed by atoms with Crippen LogP contribution >= 0.6 is 34.8 Å². The minimum absolute atomic E-state index is 0.248. The van der Waals surface area contributed by atoms with Crippen LogP contribution in [0, 0.1) is 17.3 Å². The third-order valence-electron chi connectivity index (χ3n) is 3.09. The Morgan fingerprint density at radius 2 is 1.83 bits per heavy atom. The first-order valence-corrected chi connectivity index (χ1v) is 8.26. The maximum absolute atomic E-state index is 12.5. The van der Waals surface area contributed by atoms with Gasteiger partial charge in [0.05, 0.1) is 6.04 Å². The molecule has 1 unspecified atom stereocenters. The van der Waals surface area contributed by atoms with Gasteiger partial charge < -0.3 is 4.90 Å². The Morgan fingerprint density at radius 3 is 2.26 bits per heavy atom. The molecule has 124 valence electrons. The first-order chi connectivity index (χ1) is 10.6. The summed E-state index contributed by atoms with van der Waals surface area (Å²) in [5, 5.41) is 0. The number of hydrogen-bond donors (Lipinski definition) is 0. The third kappa shape index (κ3) is 6.11. The second-order valence-electron chi connectivity index (χ2n) is 6.15. The molecule has 0 N–H and O–H groups in total. The van der Waals surface area contributed by atoms with Crippen LogP contribution in [0.25, 0.3) is 0 Å². The highest BCUT2D eigenvalue weighted by molar-refractivity contribution is 6.76. The fourth-order valence-electron chi connectivity index (χ4n) is 2.04. The predicted octanol–water partition coefficient (Wildman–Crippen LogP) is 4.84. The van der Waals surface area contributed by atoms with Gasteiger partial charge >= 0.3 is 0 Å². The van der Waals surface area contributed by atoms with Crippen molar-refractivity contribution < 1.29 is 4.79 Å². The Hall–Kier alpha value is -1.14. The molecular formula is C18H20Cl3NO. The largest absolute Gasteiger partial charge is 0.321 e. The second kappa shape index (κ2) is 8.11. The molecule has 0 aliphatic carbocycles. The van der Waals surface area contributed by atoms with Gasteiger partial charge in [-0.1, -0.05) is 91.7 Å². The fourth-order valence-corrected chi connectivity index (χ4v) is 2.37. The highest BCUT2D eigenvalue weighted by Gasteiger charge is 2.40. The summed E-state index contributed by atoms with van der Waals surface area (Å²) in [5.74, 6) is 5.63. The Labute approximate surface area is 153 Å². The van der Waals surface area contributed by atoms with Crippen molar-refractivity contribution >= 4 is 40.7 Å². The van der Waals surface area contributed by atoms with E-state index in [4.69, 9.17) is 34.8 Å². The van der Waals surface area contributed by atoms with Crippen LogP contribution in [0.3, 0.4) is 0 Å². The zero-order chi connectivity index (χ0) is 17.7. The van der Waals surface area contributed by atoms with Crippen molar-refractivity contribution in [3.63, 3.8) is 0 Å². The molecule has 0 saturated heterocycles. The zero-order valence-corrected chi connectivity index (χ0v) is 15.7. The van der Waals surface area contributed by atoms with Gasteiger partial charge in [-0.25, -0.2) is 0 Å². The van der Waals surface area contributed by atoms with Gasteiger partial charge in [0, 0.05) is 12.1 Å². The van der Waals surface area contributed by atoms with Crippen LogP contribution in [0.4, 0.5) is 0 Å². The van der Waals surface area contributed by atoms with Crippen LogP contribution < -0.4 is 0 Å². The quantitative estimate of drug-likeness (QED) is 0.422. The van der Waals surface area contributed by atoms with E-state index in [2.05, 4.69) is 18.4 Å². The number of amides is 1. The summed E-state index contributed by atoms with van der Waals surface area (Å²) < 4.78 is -2.03. The SMILES string of the molecule is C=CCN(C(=O)C(Cl)(Cl)Cl)C(C#Cc1ccccc1)C(C)(C)C. The topological polar surface area (TPSA) is 20.3 Å². The van der Waals surface area contributed by atoms with E-state index in [1.807, 2.05) is 51.1 Å². The van der Waals surface area contributed by atoms with E-state index in [1.165, 1.54) is 4.90 Å². The number of benzene rings is 1. The van der Waals surface area contributed by atoms with Crippen molar-refractivity contribution in [3.8, 4) is 11.8 Å². The normalized spacial score (nSPS) is 12.8. The van der Waals surface area contributed by atoms with Crippen LogP contribution in [0.15, 0.2) is 43.0 Å². The summed E-state index contributed by atoms with van der Waals surface area (Å²) >= 11 is 17.3. The number of rotatable bonds is 3. The van der Waals surface area contributed by atoms with Gasteiger partial charge in [-0.15, -0.1) is 6.58 Å². The summed E-state index contributed by atoms with van der Waals surface area (Å²) in [6.45, 7) is 9.88. The molecule has 0 heterocycles. The van der Waals surface area contributed by atoms with E-state index in [0.29, 0.717) is 0 Å². The molecular weight excluding hydrogens is 353 g/mol. The van der Waals surface area contributed by atoms with Crippen LogP contribution in [0.2, 0.25) is 0 Å². The molecule has 5 heteroatoms. The van der Waals surface area contributed by atoms with Crippen molar-refractivity contribution in [2.24, 2.45) is 5.41 Å². The maximum Gasteiger partial charge on any atom is 0.276 e. The lowest BCUT2D eigenvalue weighted by molar-refractivity contribution is -0.132. The lowest BCUT2D eigenvalue weighted by Gasteiger charge is -2.37. The molecule has 0 aliphatic heterocycles. The molecule has 2 nitrogen and oxygen atoms in total. The Kier molecular flexibility index (Phi) is 7.02. The minimum Gasteiger partial charge on any atom is -0.321 e. The van der Waals surface area contributed by atoms with E-state index in [-0.39, 0.29) is 12.0 Å². The van der Waals surface area contributed by atoms with Gasteiger partial charge in [-0.05, 0) is 17.5 Å². The highest BCUT2D eigenvalue weighted by atomic mass is 35.6. The lowest BCUT2D eigenvalue weighted by atomic mass is 9.85. The van der Waals surface area contributed by atoms with E-state index in [9.17, 15) is 4.79 Å². The van der Waals surface area contributed by atoms with Crippen molar-refractivity contribution in [3.05, 3.63) is 48.6 Å². The highest BCUT2D eigenvalue weighted by Crippen LogP contribution is 2.33. The molecule has 1 aromatic carbocycles. The number of carbonyl (C=O) groups excluding carboxylic acids is 1. The average Bonchev–Trinajstić information content (AvgIpc) is 2.44. The monoisotopic (exact) mass is 371 g/mol. The summed E-state index contributed by atoms with van der Waals surface area (Å²) in [5.41, 5.74) is 0.540. The molecule has 1 rings (SSSR count). The van der Waals surface area contributed by atoms with Crippen molar-refractivity contribution in [1.82, 2.24) is 4.90 Å². The van der Waals surface area contributed by atoms with Crippen LogP contribution in [-0.2, 0) is 4.79 Å². The Bertz CT molecular complexity index is 603. The van der Waals surface area contributed by atoms with Crippen LogP contribution in [0.5, 0.6) is 0 Å². The lowest BCUT2D eigenvalue weighted by Crippen LogP contribution is -2.50. The van der Waals surface area contributed by atoms with E-state index < -0.39 is 15.7 Å². The average molecular weight is 373 g/mol. The number of halogens is 3. The maximum atomic E-state index is 12.5. The zero-order valence-electron chi connectivity index (χ0n) is 13.4. The van der Waals surface area contributed by atoms with Crippen molar-refractivity contribution in [2.75, 3.05) is 6.54 Å². The smallest absolute Gasteiger partial charge is 0.276 e. The first kappa shape index (κ1) is 19.9. The number of carbonyl (C=O) groups is 1. The molecule has 0 aliphatic rings. The summed E-state index contributed by atoms with van der Waals surface area (Å²) in [6.07, 6.45) is 1.59. The van der Waals surface area contributed by atoms with Crippen LogP contribution in [0.1, 0.15) is 26.3 Å². The number of nitrogens with zero attached hydrogens (tertiary/aromatic N) is 1. The van der Waals surface area contributed by atoms with Gasteiger partial charge in [-0.2, -0.15) is 0 Å². The minimum atomic E-state index is -2.03. The summed E-state index contributed by atoms with van der Waals surface area (Å²) in [6, 6.07) is 9.11. The Balaban J connectivity index is 3.25. The van der Waals surface area contributed by atoms with Gasteiger partial charge in [0.15, 0.2) is 0 Å². The van der Waals surface area contributed by atoms with Gasteiger partial charge in [-0.3, -0.25) is 4.79 Å². The van der Waals surface area contributed by atoms with E-state index in [1.54, 1.807) is 6.08 Å². The van der Waals surface area contributed by atoms with Crippen molar-refractivity contribution in [1.29, 1.82) is 0 Å². The fraction of sp³-hybridized carbons (Fsp3) is 0.389. The van der Waals surface area contributed by atoms with E-state index >= 15 is 0 Å². The molecule has 0 radical (unpaired) electrons. The Morgan fingerprint density at radius 1 is 1.26 bits per heavy atom. The van der Waals surface area contributed by atoms with E-state index in [0.717, 1.165) is 5.56 Å². The molecule has 0 bridgehead atoms. The van der Waals surface area contributed by atoms with Crippen molar-refractivity contribution in [2.45, 2.75) is 30.6 Å². The number of alkyl halides is 3. The van der Waals surface area contributed by atoms with Gasteiger partial charge in [0.25, 0.3) is 9.70 Å². The first-order valence-electron chi connectivity index (χ1n) is 7.12. The molecule has 1 amide bonds. The van der Waals surface area contributed by atoms with Gasteiger partial charge in [0.2, 0.25) is 0 Å². The van der Waals surface area contributed by atoms with Crippen LogP contribution in [-0.4, -0.2) is 27.2 Å². The molecule has 0 aromatic heterocycles. The molecule has 0 spiro atoms. The molecule has 0 saturated carbocycles. The second-order valence-corrected chi connectivity index (χ2v) is 8.43. The third-order valence-corrected chi connectivity index (χ3v) is 3.57. The summed E-state index contributed by atoms with van der Waals surface area (Å²) in [4.78, 5) is 13.9. The molecule has 1 aromatic rings. The number of hydrogen-bond acceptors (Lipinski definition) is 1. The molecule has 23 heavy (non-hydrogen) atoms. The standard InChI is InChI=1S/C18H20Cl3NO/c1-5-13-22(16(23)18(19,20)21)15(17(2,3)4)12-11-14-9-7-6-8-10-14/h5-10,15H,1,13H2,2-4H3. The molecule has 1 atom stereocenters. The summed E-state index contributed by atoms with van der Waals surface area (Å²) in [7, 11) is 0. The molecule has 0 fully saturated rings. The predicted molar refractivity (Wildman–Crippen MR) is 98.8 cm³/mol. The van der Waals surface area contributed by atoms with Gasteiger partial charge in [0.1, 0.15) is 0 Å².